The predicted octanol–water partition coefficient (Wildman–Crippen LogP) is 2.27. The van der Waals surface area contributed by atoms with E-state index in [0.29, 0.717) is 25.2 Å². The van der Waals surface area contributed by atoms with E-state index in [1.807, 2.05) is 13.0 Å². The van der Waals surface area contributed by atoms with E-state index in [0.717, 1.165) is 25.7 Å². The molecule has 0 heterocycles. The highest BCUT2D eigenvalue weighted by molar-refractivity contribution is 5.92. The summed E-state index contributed by atoms with van der Waals surface area (Å²) in [6.07, 6.45) is 9.00. The summed E-state index contributed by atoms with van der Waals surface area (Å²) >= 11 is 0. The number of aliphatic hydroxyl groups excluding tert-OH is 1. The first-order valence-electron chi connectivity index (χ1n) is 10.6. The summed E-state index contributed by atoms with van der Waals surface area (Å²) in [5.74, 6) is -0.645. The molecule has 29 heavy (non-hydrogen) atoms. The number of Topliss-reactive ketones (excluding diaryl/α,β-unsaturated/α-hetero) is 1. The topological polar surface area (TPSA) is 101 Å². The number of aliphatic hydroxyl groups is 2. The number of carbonyl (C=O) groups is 3. The Balaban J connectivity index is 1.63. The Bertz CT molecular complexity index is 825. The van der Waals surface area contributed by atoms with Crippen molar-refractivity contribution in [1.82, 2.24) is 0 Å². The summed E-state index contributed by atoms with van der Waals surface area (Å²) < 4.78 is 4.81. The number of hydrogen-bond acceptors (Lipinski definition) is 6. The van der Waals surface area contributed by atoms with Gasteiger partial charge in [0.25, 0.3) is 0 Å². The first kappa shape index (κ1) is 20.5. The van der Waals surface area contributed by atoms with E-state index in [1.54, 1.807) is 0 Å². The lowest BCUT2D eigenvalue weighted by Crippen LogP contribution is -2.55. The third-order valence-electron chi connectivity index (χ3n) is 8.44. The lowest BCUT2D eigenvalue weighted by molar-refractivity contribution is -0.164. The van der Waals surface area contributed by atoms with Crippen LogP contribution in [0.3, 0.4) is 0 Å². The number of carbonyl (C=O) groups excluding carboxylic acids is 3. The Morgan fingerprint density at radius 2 is 1.97 bits per heavy atom. The van der Waals surface area contributed by atoms with Crippen LogP contribution in [0.15, 0.2) is 23.3 Å². The molecule has 2 saturated carbocycles. The standard InChI is InChI=1S/C23H30O6/c1-21-8-5-15(25)11-14(21)3-4-16-17(21)6-9-22(2)18(16)7-10-23(22,28)19(26)13-29-20(27)12-24/h6,11,16,18,24,28H,3-5,7-10,12-13H2,1-2H3/t16-,18+,21+,22+,23+/m1/s1. The van der Waals surface area contributed by atoms with E-state index in [-0.39, 0.29) is 17.1 Å². The van der Waals surface area contributed by atoms with Gasteiger partial charge in [-0.25, -0.2) is 4.79 Å². The number of allylic oxidation sites excluding steroid dienone is 4. The first-order valence-corrected chi connectivity index (χ1v) is 10.6. The summed E-state index contributed by atoms with van der Waals surface area (Å²) in [7, 11) is 0. The zero-order chi connectivity index (χ0) is 21.0. The highest BCUT2D eigenvalue weighted by Crippen LogP contribution is 2.65. The molecule has 4 aliphatic rings. The molecule has 0 spiro atoms. The van der Waals surface area contributed by atoms with Gasteiger partial charge in [-0.2, -0.15) is 0 Å². The van der Waals surface area contributed by atoms with E-state index in [9.17, 15) is 19.5 Å². The van der Waals surface area contributed by atoms with Gasteiger partial charge in [0.1, 0.15) is 12.2 Å². The van der Waals surface area contributed by atoms with Gasteiger partial charge in [-0.1, -0.05) is 31.1 Å². The van der Waals surface area contributed by atoms with E-state index in [1.165, 1.54) is 11.1 Å². The van der Waals surface area contributed by atoms with Crippen molar-refractivity contribution in [2.45, 2.75) is 64.4 Å². The minimum atomic E-state index is -1.53. The molecule has 0 radical (unpaired) electrons. The molecule has 0 saturated heterocycles. The van der Waals surface area contributed by atoms with Gasteiger partial charge in [0.05, 0.1) is 0 Å². The zero-order valence-corrected chi connectivity index (χ0v) is 17.2. The summed E-state index contributed by atoms with van der Waals surface area (Å²) in [4.78, 5) is 36.0. The van der Waals surface area contributed by atoms with Crippen molar-refractivity contribution in [2.24, 2.45) is 22.7 Å². The highest BCUT2D eigenvalue weighted by Gasteiger charge is 2.64. The van der Waals surface area contributed by atoms with Crippen molar-refractivity contribution in [3.05, 3.63) is 23.3 Å². The molecule has 2 N–H and O–H groups in total. The molecule has 5 atom stereocenters. The van der Waals surface area contributed by atoms with Gasteiger partial charge in [0.15, 0.2) is 12.4 Å². The molecule has 0 bridgehead atoms. The normalized spacial score (nSPS) is 40.9. The van der Waals surface area contributed by atoms with Crippen molar-refractivity contribution in [3.63, 3.8) is 0 Å². The van der Waals surface area contributed by atoms with Gasteiger partial charge in [-0.05, 0) is 56.4 Å². The number of ketones is 2. The second kappa shape index (κ2) is 6.88. The Labute approximate surface area is 171 Å². The molecule has 4 aliphatic carbocycles. The number of hydrogen-bond donors (Lipinski definition) is 2. The van der Waals surface area contributed by atoms with Crippen LogP contribution in [-0.4, -0.2) is 46.6 Å². The SMILES string of the molecule is C[C@]12CCC(=O)C=C1CC[C@@H]1C2=CC[C@@]2(C)[C@H]1CC[C@]2(O)C(=O)COC(=O)CO. The molecule has 2 fully saturated rings. The van der Waals surface area contributed by atoms with Gasteiger partial charge < -0.3 is 14.9 Å². The van der Waals surface area contributed by atoms with Crippen LogP contribution in [0.5, 0.6) is 0 Å². The largest absolute Gasteiger partial charge is 0.456 e. The van der Waals surface area contributed by atoms with E-state index < -0.39 is 36.0 Å². The van der Waals surface area contributed by atoms with Crippen LogP contribution < -0.4 is 0 Å². The monoisotopic (exact) mass is 402 g/mol. The van der Waals surface area contributed by atoms with Gasteiger partial charge in [0.2, 0.25) is 5.78 Å². The molecule has 0 aromatic carbocycles. The van der Waals surface area contributed by atoms with Crippen LogP contribution >= 0.6 is 0 Å². The average Bonchev–Trinajstić information content (AvgIpc) is 2.98. The molecule has 0 aromatic rings. The van der Waals surface area contributed by atoms with Crippen molar-refractivity contribution in [3.8, 4) is 0 Å². The van der Waals surface area contributed by atoms with Gasteiger partial charge in [-0.3, -0.25) is 9.59 Å². The maximum absolute atomic E-state index is 12.9. The second-order valence-corrected chi connectivity index (χ2v) is 9.64. The number of rotatable bonds is 4. The number of fused-ring (bicyclic) bond motifs is 5. The van der Waals surface area contributed by atoms with E-state index >= 15 is 0 Å². The fourth-order valence-electron chi connectivity index (χ4n) is 6.64. The Hall–Kier alpha value is -1.79. The Kier molecular flexibility index (Phi) is 4.86. The van der Waals surface area contributed by atoms with Crippen LogP contribution in [0.1, 0.15) is 58.8 Å². The van der Waals surface area contributed by atoms with Gasteiger partial charge >= 0.3 is 5.97 Å². The molecular formula is C23H30O6. The van der Waals surface area contributed by atoms with Crippen molar-refractivity contribution < 1.29 is 29.3 Å². The minimum Gasteiger partial charge on any atom is -0.456 e. The van der Waals surface area contributed by atoms with Crippen molar-refractivity contribution >= 4 is 17.5 Å². The second-order valence-electron chi connectivity index (χ2n) is 9.64. The van der Waals surface area contributed by atoms with Gasteiger partial charge in [0, 0.05) is 17.3 Å². The van der Waals surface area contributed by atoms with Crippen LogP contribution in [0.25, 0.3) is 0 Å². The fraction of sp³-hybridized carbons (Fsp3) is 0.696. The lowest BCUT2D eigenvalue weighted by atomic mass is 9.50. The van der Waals surface area contributed by atoms with Crippen LogP contribution in [0, 0.1) is 22.7 Å². The summed E-state index contributed by atoms with van der Waals surface area (Å²) in [6, 6.07) is 0. The lowest BCUT2D eigenvalue weighted by Gasteiger charge is -2.54. The average molecular weight is 402 g/mol. The molecule has 158 valence electrons. The maximum Gasteiger partial charge on any atom is 0.332 e. The van der Waals surface area contributed by atoms with Crippen LogP contribution in [-0.2, 0) is 19.1 Å². The van der Waals surface area contributed by atoms with Crippen LogP contribution in [0.2, 0.25) is 0 Å². The van der Waals surface area contributed by atoms with E-state index in [2.05, 4.69) is 13.0 Å². The molecule has 0 amide bonds. The Morgan fingerprint density at radius 1 is 1.21 bits per heavy atom. The maximum atomic E-state index is 12.9. The predicted molar refractivity (Wildman–Crippen MR) is 105 cm³/mol. The van der Waals surface area contributed by atoms with Crippen molar-refractivity contribution in [1.29, 1.82) is 0 Å². The highest BCUT2D eigenvalue weighted by atomic mass is 16.5. The molecule has 6 nitrogen and oxygen atoms in total. The third-order valence-corrected chi connectivity index (χ3v) is 8.44. The molecule has 0 aliphatic heterocycles. The zero-order valence-electron chi connectivity index (χ0n) is 17.2. The third kappa shape index (κ3) is 2.87. The number of ether oxygens (including phenoxy) is 1. The Morgan fingerprint density at radius 3 is 2.69 bits per heavy atom. The molecular weight excluding hydrogens is 372 g/mol. The van der Waals surface area contributed by atoms with E-state index in [4.69, 9.17) is 9.84 Å². The summed E-state index contributed by atoms with van der Waals surface area (Å²) in [5.41, 5.74) is 0.397. The molecule has 6 heteroatoms. The van der Waals surface area contributed by atoms with Gasteiger partial charge in [-0.15, -0.1) is 0 Å². The summed E-state index contributed by atoms with van der Waals surface area (Å²) in [6.45, 7) is 2.94. The van der Waals surface area contributed by atoms with Crippen molar-refractivity contribution in [2.75, 3.05) is 13.2 Å². The van der Waals surface area contributed by atoms with Crippen LogP contribution in [0.4, 0.5) is 0 Å². The molecule has 0 unspecified atom stereocenters. The molecule has 0 aromatic heterocycles. The molecule has 4 rings (SSSR count). The minimum absolute atomic E-state index is 0.0838. The smallest absolute Gasteiger partial charge is 0.332 e. The fourth-order valence-corrected chi connectivity index (χ4v) is 6.64. The number of esters is 1. The quantitative estimate of drug-likeness (QED) is 0.553. The summed E-state index contributed by atoms with van der Waals surface area (Å²) in [5, 5.41) is 20.2. The first-order chi connectivity index (χ1) is 13.7.